The number of thioether (sulfide) groups is 1. The summed E-state index contributed by atoms with van der Waals surface area (Å²) in [5.74, 6) is 0.796. The topological polar surface area (TPSA) is 76.9 Å². The average Bonchev–Trinajstić information content (AvgIpc) is 3.07. The third-order valence-corrected chi connectivity index (χ3v) is 7.43. The third kappa shape index (κ3) is 4.34. The molecule has 3 rings (SSSR count). The van der Waals surface area contributed by atoms with Crippen LogP contribution in [0.5, 0.6) is 0 Å². The number of thiazole rings is 1. The van der Waals surface area contributed by atoms with Crippen molar-refractivity contribution in [2.75, 3.05) is 16.2 Å². The van der Waals surface area contributed by atoms with E-state index in [0.717, 1.165) is 20.3 Å². The van der Waals surface area contributed by atoms with Crippen LogP contribution in [0, 0.1) is 13.8 Å². The Kier molecular flexibility index (Phi) is 5.35. The van der Waals surface area contributed by atoms with Crippen LogP contribution in [0.2, 0.25) is 0 Å². The first-order chi connectivity index (χ1) is 11.9. The number of fused-ring (bicyclic) bond motifs is 1. The zero-order chi connectivity index (χ0) is 18.0. The summed E-state index contributed by atoms with van der Waals surface area (Å²) in [6.45, 7) is 3.65. The van der Waals surface area contributed by atoms with E-state index in [4.69, 9.17) is 0 Å². The molecule has 0 saturated heterocycles. The number of benzene rings is 1. The van der Waals surface area contributed by atoms with Gasteiger partial charge in [-0.3, -0.25) is 9.40 Å². The van der Waals surface area contributed by atoms with Crippen LogP contribution in [0.25, 0.3) is 10.2 Å². The molecule has 0 aliphatic carbocycles. The monoisotopic (exact) mass is 396 g/mol. The van der Waals surface area contributed by atoms with E-state index in [1.165, 1.54) is 0 Å². The molecule has 0 amide bonds. The van der Waals surface area contributed by atoms with Gasteiger partial charge in [0.15, 0.2) is 4.34 Å². The van der Waals surface area contributed by atoms with Crippen molar-refractivity contribution >= 4 is 49.0 Å². The second-order valence-corrected chi connectivity index (χ2v) is 9.95. The van der Waals surface area contributed by atoms with E-state index in [9.17, 15) is 8.42 Å². The van der Waals surface area contributed by atoms with Crippen LogP contribution < -0.4 is 4.72 Å². The lowest BCUT2D eigenvalue weighted by molar-refractivity contribution is 0.600. The number of para-hydroxylation sites is 1. The van der Waals surface area contributed by atoms with Gasteiger partial charge in [-0.05, 0) is 32.4 Å². The molecule has 2 heterocycles. The molecule has 0 unspecified atom stereocenters. The number of hydrogen-bond donors (Lipinski definition) is 1. The number of aromatic nitrogens is 3. The number of anilines is 1. The predicted molar refractivity (Wildman–Crippen MR) is 105 cm³/mol. The summed E-state index contributed by atoms with van der Waals surface area (Å²) in [7, 11) is -1.58. The highest BCUT2D eigenvalue weighted by Crippen LogP contribution is 2.29. The molecule has 0 saturated carbocycles. The molecule has 0 atom stereocenters. The molecule has 0 aliphatic heterocycles. The van der Waals surface area contributed by atoms with Crippen molar-refractivity contribution in [2.45, 2.75) is 24.6 Å². The molecule has 1 N–H and O–H groups in total. The van der Waals surface area contributed by atoms with Gasteiger partial charge in [-0.15, -0.1) is 11.3 Å². The molecule has 0 bridgehead atoms. The highest BCUT2D eigenvalue weighted by atomic mass is 32.2. The van der Waals surface area contributed by atoms with Gasteiger partial charge in [0.05, 0.1) is 33.0 Å². The van der Waals surface area contributed by atoms with Crippen LogP contribution in [0.4, 0.5) is 5.69 Å². The lowest BCUT2D eigenvalue weighted by atomic mass is 10.3. The lowest BCUT2D eigenvalue weighted by Crippen LogP contribution is -2.18. The van der Waals surface area contributed by atoms with E-state index in [2.05, 4.69) is 14.8 Å². The molecule has 0 radical (unpaired) electrons. The molecule has 0 fully saturated rings. The molecule has 134 valence electrons. The van der Waals surface area contributed by atoms with Gasteiger partial charge in [0, 0.05) is 12.8 Å². The highest BCUT2D eigenvalue weighted by Gasteiger charge is 2.17. The zero-order valence-electron chi connectivity index (χ0n) is 14.3. The molecular weight excluding hydrogens is 376 g/mol. The summed E-state index contributed by atoms with van der Waals surface area (Å²) in [5.41, 5.74) is 3.07. The Morgan fingerprint density at radius 2 is 2.04 bits per heavy atom. The van der Waals surface area contributed by atoms with Gasteiger partial charge in [0.25, 0.3) is 0 Å². The Morgan fingerprint density at radius 3 is 2.72 bits per heavy atom. The van der Waals surface area contributed by atoms with Gasteiger partial charge in [0.2, 0.25) is 10.0 Å². The second kappa shape index (κ2) is 7.35. The Labute approximate surface area is 155 Å². The van der Waals surface area contributed by atoms with Gasteiger partial charge in [0.1, 0.15) is 0 Å². The first kappa shape index (κ1) is 18.2. The summed E-state index contributed by atoms with van der Waals surface area (Å²) in [4.78, 5) is 4.55. The van der Waals surface area contributed by atoms with E-state index in [1.54, 1.807) is 41.8 Å². The van der Waals surface area contributed by atoms with E-state index < -0.39 is 10.0 Å². The zero-order valence-corrected chi connectivity index (χ0v) is 16.8. The van der Waals surface area contributed by atoms with Crippen molar-refractivity contribution in [2.24, 2.45) is 7.05 Å². The maximum atomic E-state index is 12.3. The summed E-state index contributed by atoms with van der Waals surface area (Å²) < 4.78 is 31.1. The van der Waals surface area contributed by atoms with Crippen LogP contribution in [-0.4, -0.2) is 34.7 Å². The van der Waals surface area contributed by atoms with Gasteiger partial charge >= 0.3 is 0 Å². The maximum absolute atomic E-state index is 12.3. The van der Waals surface area contributed by atoms with E-state index in [-0.39, 0.29) is 5.75 Å². The van der Waals surface area contributed by atoms with Gasteiger partial charge in [-0.25, -0.2) is 13.4 Å². The molecule has 6 nitrogen and oxygen atoms in total. The van der Waals surface area contributed by atoms with E-state index >= 15 is 0 Å². The van der Waals surface area contributed by atoms with Crippen molar-refractivity contribution in [3.8, 4) is 0 Å². The summed E-state index contributed by atoms with van der Waals surface area (Å²) in [6, 6.07) is 8.00. The number of nitrogens with zero attached hydrogens (tertiary/aromatic N) is 3. The molecule has 0 aliphatic rings. The minimum absolute atomic E-state index is 0.0820. The SMILES string of the molecule is Cc1nn(C)c(C)c1NS(=O)(=O)CCCSc1nc2ccccc2s1. The lowest BCUT2D eigenvalue weighted by Gasteiger charge is -2.08. The summed E-state index contributed by atoms with van der Waals surface area (Å²) in [6.07, 6.45) is 0.564. The van der Waals surface area contributed by atoms with E-state index in [1.807, 2.05) is 31.2 Å². The molecule has 2 aromatic heterocycles. The van der Waals surface area contributed by atoms with Crippen LogP contribution >= 0.6 is 23.1 Å². The van der Waals surface area contributed by atoms with Crippen molar-refractivity contribution in [1.82, 2.24) is 14.8 Å². The second-order valence-electron chi connectivity index (χ2n) is 5.74. The van der Waals surface area contributed by atoms with Gasteiger partial charge < -0.3 is 0 Å². The van der Waals surface area contributed by atoms with Crippen molar-refractivity contribution < 1.29 is 8.42 Å². The maximum Gasteiger partial charge on any atom is 0.232 e. The van der Waals surface area contributed by atoms with Crippen LogP contribution in [0.3, 0.4) is 0 Å². The molecule has 1 aromatic carbocycles. The van der Waals surface area contributed by atoms with Crippen molar-refractivity contribution in [3.05, 3.63) is 35.7 Å². The first-order valence-corrected chi connectivity index (χ1v) is 11.3. The Morgan fingerprint density at radius 1 is 1.28 bits per heavy atom. The van der Waals surface area contributed by atoms with Crippen LogP contribution in [0.1, 0.15) is 17.8 Å². The van der Waals surface area contributed by atoms with Crippen LogP contribution in [-0.2, 0) is 17.1 Å². The Hall–Kier alpha value is -1.58. The molecule has 25 heavy (non-hydrogen) atoms. The predicted octanol–water partition coefficient (Wildman–Crippen LogP) is 3.57. The number of sulfonamides is 1. The largest absolute Gasteiger partial charge is 0.280 e. The Bertz CT molecular complexity index is 959. The summed E-state index contributed by atoms with van der Waals surface area (Å²) in [5, 5.41) is 4.23. The number of nitrogens with one attached hydrogen (secondary N) is 1. The van der Waals surface area contributed by atoms with Gasteiger partial charge in [-0.1, -0.05) is 23.9 Å². The molecular formula is C16H20N4O2S3. The average molecular weight is 397 g/mol. The molecule has 3 aromatic rings. The van der Waals surface area contributed by atoms with E-state index in [0.29, 0.717) is 23.6 Å². The molecule has 9 heteroatoms. The quantitative estimate of drug-likeness (QED) is 0.488. The molecule has 0 spiro atoms. The third-order valence-electron chi connectivity index (χ3n) is 3.82. The Balaban J connectivity index is 1.54. The fourth-order valence-corrected chi connectivity index (χ4v) is 5.94. The number of aryl methyl sites for hydroxylation is 2. The number of hydrogen-bond acceptors (Lipinski definition) is 6. The smallest absolute Gasteiger partial charge is 0.232 e. The normalized spacial score (nSPS) is 12.0. The van der Waals surface area contributed by atoms with Crippen molar-refractivity contribution in [3.63, 3.8) is 0 Å². The van der Waals surface area contributed by atoms with Gasteiger partial charge in [-0.2, -0.15) is 5.10 Å². The fraction of sp³-hybridized carbons (Fsp3) is 0.375. The minimum atomic E-state index is -3.38. The highest BCUT2D eigenvalue weighted by molar-refractivity contribution is 8.01. The first-order valence-electron chi connectivity index (χ1n) is 7.85. The summed E-state index contributed by atoms with van der Waals surface area (Å²) >= 11 is 3.24. The fourth-order valence-electron chi connectivity index (χ4n) is 2.45. The number of rotatable bonds is 7. The minimum Gasteiger partial charge on any atom is -0.280 e. The van der Waals surface area contributed by atoms with Crippen LogP contribution in [0.15, 0.2) is 28.6 Å². The standard InChI is InChI=1S/C16H20N4O2S3/c1-11-15(12(2)20(3)18-11)19-25(21,22)10-6-9-23-16-17-13-7-4-5-8-14(13)24-16/h4-5,7-8,19H,6,9-10H2,1-3H3. The van der Waals surface area contributed by atoms with Crippen molar-refractivity contribution in [1.29, 1.82) is 0 Å².